The Bertz CT molecular complexity index is 891. The number of rotatable bonds is 3. The summed E-state index contributed by atoms with van der Waals surface area (Å²) >= 11 is 1.32. The number of aryl methyl sites for hydroxylation is 2. The van der Waals surface area contributed by atoms with E-state index in [1.807, 2.05) is 24.4 Å². The monoisotopic (exact) mass is 341 g/mol. The fourth-order valence-electron chi connectivity index (χ4n) is 2.18. The third-order valence-corrected chi connectivity index (χ3v) is 4.41. The first-order valence-corrected chi connectivity index (χ1v) is 8.26. The predicted molar refractivity (Wildman–Crippen MR) is 96.1 cm³/mol. The van der Waals surface area contributed by atoms with E-state index in [1.165, 1.54) is 34.6 Å². The van der Waals surface area contributed by atoms with Crippen molar-refractivity contribution in [2.24, 2.45) is 0 Å². The second-order valence-corrected chi connectivity index (χ2v) is 6.25. The van der Waals surface area contributed by atoms with Gasteiger partial charge in [0, 0.05) is 10.9 Å². The van der Waals surface area contributed by atoms with Crippen molar-refractivity contribution in [1.29, 1.82) is 0 Å². The van der Waals surface area contributed by atoms with E-state index in [4.69, 9.17) is 0 Å². The molecule has 0 fully saturated rings. The van der Waals surface area contributed by atoms with Crippen molar-refractivity contribution in [3.05, 3.63) is 64.8 Å². The van der Waals surface area contributed by atoms with Crippen LogP contribution in [-0.2, 0) is 0 Å². The lowest BCUT2D eigenvalue weighted by Gasteiger charge is -2.06. The number of benzene rings is 2. The summed E-state index contributed by atoms with van der Waals surface area (Å²) in [5.74, 6) is -0.484. The smallest absolute Gasteiger partial charge is 0.305 e. The first kappa shape index (κ1) is 16.1. The van der Waals surface area contributed by atoms with Crippen LogP contribution in [0.4, 0.5) is 20.0 Å². The van der Waals surface area contributed by atoms with Crippen molar-refractivity contribution >= 4 is 28.2 Å². The Labute approximate surface area is 143 Å². The van der Waals surface area contributed by atoms with Crippen LogP contribution in [0.3, 0.4) is 0 Å². The van der Waals surface area contributed by atoms with Crippen LogP contribution in [0, 0.1) is 19.7 Å². The van der Waals surface area contributed by atoms with Gasteiger partial charge in [-0.05, 0) is 43.2 Å². The van der Waals surface area contributed by atoms with Gasteiger partial charge in [0.15, 0.2) is 5.13 Å². The summed E-state index contributed by atoms with van der Waals surface area (Å²) < 4.78 is 13.5. The Morgan fingerprint density at radius 1 is 1.08 bits per heavy atom. The molecule has 2 N–H and O–H groups in total. The van der Waals surface area contributed by atoms with Gasteiger partial charge in [-0.1, -0.05) is 24.3 Å². The number of carbonyl (C=O) groups is 1. The molecule has 0 atom stereocenters. The van der Waals surface area contributed by atoms with Crippen molar-refractivity contribution in [2.75, 3.05) is 10.6 Å². The van der Waals surface area contributed by atoms with E-state index in [-0.39, 0.29) is 5.69 Å². The maximum atomic E-state index is 13.5. The van der Waals surface area contributed by atoms with Crippen LogP contribution < -0.4 is 10.6 Å². The maximum absolute atomic E-state index is 13.5. The summed E-state index contributed by atoms with van der Waals surface area (Å²) in [4.78, 5) is 16.4. The van der Waals surface area contributed by atoms with Crippen molar-refractivity contribution in [3.63, 3.8) is 0 Å². The molecule has 0 aliphatic heterocycles. The number of amides is 2. The summed E-state index contributed by atoms with van der Waals surface area (Å²) in [5, 5.41) is 7.42. The zero-order valence-corrected chi connectivity index (χ0v) is 14.1. The van der Waals surface area contributed by atoms with Gasteiger partial charge in [-0.15, -0.1) is 11.3 Å². The molecule has 24 heavy (non-hydrogen) atoms. The molecule has 0 spiro atoms. The zero-order chi connectivity index (χ0) is 17.1. The normalized spacial score (nSPS) is 10.5. The number of aromatic nitrogens is 1. The minimum atomic E-state index is -0.527. The molecule has 0 saturated heterocycles. The Morgan fingerprint density at radius 3 is 2.62 bits per heavy atom. The maximum Gasteiger partial charge on any atom is 0.325 e. The molecule has 4 nitrogen and oxygen atoms in total. The number of para-hydroxylation sites is 1. The van der Waals surface area contributed by atoms with Crippen LogP contribution in [0.15, 0.2) is 47.8 Å². The van der Waals surface area contributed by atoms with Crippen LogP contribution in [0.25, 0.3) is 11.3 Å². The van der Waals surface area contributed by atoms with Crippen molar-refractivity contribution < 1.29 is 9.18 Å². The van der Waals surface area contributed by atoms with Gasteiger partial charge < -0.3 is 5.32 Å². The number of halogens is 1. The second-order valence-electron chi connectivity index (χ2n) is 5.40. The van der Waals surface area contributed by atoms with Gasteiger partial charge in [-0.2, -0.15) is 0 Å². The highest BCUT2D eigenvalue weighted by atomic mass is 32.1. The zero-order valence-electron chi connectivity index (χ0n) is 13.3. The molecular weight excluding hydrogens is 325 g/mol. The first-order valence-electron chi connectivity index (χ1n) is 7.38. The lowest BCUT2D eigenvalue weighted by molar-refractivity contribution is 0.262. The van der Waals surface area contributed by atoms with Crippen LogP contribution in [0.1, 0.15) is 11.1 Å². The van der Waals surface area contributed by atoms with Gasteiger partial charge in [-0.3, -0.25) is 5.32 Å². The van der Waals surface area contributed by atoms with E-state index in [1.54, 1.807) is 12.1 Å². The van der Waals surface area contributed by atoms with E-state index in [0.717, 1.165) is 11.3 Å². The summed E-state index contributed by atoms with van der Waals surface area (Å²) in [6.45, 7) is 4.10. The minimum Gasteiger partial charge on any atom is -0.305 e. The van der Waals surface area contributed by atoms with Crippen molar-refractivity contribution in [1.82, 2.24) is 4.98 Å². The molecule has 0 saturated carbocycles. The SMILES string of the molecule is Cc1ccc(-c2csc(NC(=O)Nc3ccccc3F)n2)cc1C. The van der Waals surface area contributed by atoms with E-state index in [9.17, 15) is 9.18 Å². The highest BCUT2D eigenvalue weighted by molar-refractivity contribution is 7.14. The van der Waals surface area contributed by atoms with Crippen LogP contribution in [-0.4, -0.2) is 11.0 Å². The Balaban J connectivity index is 1.70. The number of nitrogens with zero attached hydrogens (tertiary/aromatic N) is 1. The number of hydrogen-bond donors (Lipinski definition) is 2. The van der Waals surface area contributed by atoms with Crippen LogP contribution >= 0.6 is 11.3 Å². The molecular formula is C18H16FN3OS. The largest absolute Gasteiger partial charge is 0.325 e. The van der Waals surface area contributed by atoms with Crippen molar-refractivity contribution in [2.45, 2.75) is 13.8 Å². The molecule has 1 aromatic heterocycles. The average molecular weight is 341 g/mol. The van der Waals surface area contributed by atoms with Crippen LogP contribution in [0.5, 0.6) is 0 Å². The number of nitrogens with one attached hydrogen (secondary N) is 2. The molecule has 0 bridgehead atoms. The molecule has 1 heterocycles. The highest BCUT2D eigenvalue weighted by Gasteiger charge is 2.10. The molecule has 2 aromatic carbocycles. The first-order chi connectivity index (χ1) is 11.5. The predicted octanol–water partition coefficient (Wildman–Crippen LogP) is 5.21. The number of urea groups is 1. The van der Waals surface area contributed by atoms with Gasteiger partial charge in [0.25, 0.3) is 0 Å². The van der Waals surface area contributed by atoms with E-state index in [2.05, 4.69) is 28.6 Å². The molecule has 3 aromatic rings. The number of hydrogen-bond acceptors (Lipinski definition) is 3. The molecule has 122 valence electrons. The molecule has 0 aliphatic carbocycles. The van der Waals surface area contributed by atoms with Gasteiger partial charge in [0.2, 0.25) is 0 Å². The highest BCUT2D eigenvalue weighted by Crippen LogP contribution is 2.26. The molecule has 0 aliphatic rings. The summed E-state index contributed by atoms with van der Waals surface area (Å²) in [6.07, 6.45) is 0. The van der Waals surface area contributed by atoms with E-state index >= 15 is 0 Å². The minimum absolute atomic E-state index is 0.126. The molecule has 2 amide bonds. The fourth-order valence-corrected chi connectivity index (χ4v) is 2.89. The Kier molecular flexibility index (Phi) is 4.57. The molecule has 6 heteroatoms. The Hall–Kier alpha value is -2.73. The summed E-state index contributed by atoms with van der Waals surface area (Å²) in [7, 11) is 0. The standard InChI is InChI=1S/C18H16FN3OS/c1-11-7-8-13(9-12(11)2)16-10-24-18(21-16)22-17(23)20-15-6-4-3-5-14(15)19/h3-10H,1-2H3,(H2,20,21,22,23). The van der Waals surface area contributed by atoms with Gasteiger partial charge in [0.1, 0.15) is 5.82 Å². The number of thiazole rings is 1. The molecule has 0 unspecified atom stereocenters. The number of anilines is 2. The van der Waals surface area contributed by atoms with Crippen LogP contribution in [0.2, 0.25) is 0 Å². The van der Waals surface area contributed by atoms with Crippen molar-refractivity contribution in [3.8, 4) is 11.3 Å². The quantitative estimate of drug-likeness (QED) is 0.687. The third-order valence-electron chi connectivity index (χ3n) is 3.65. The number of carbonyl (C=O) groups excluding carboxylic acids is 1. The second kappa shape index (κ2) is 6.80. The molecule has 3 rings (SSSR count). The van der Waals surface area contributed by atoms with Gasteiger partial charge in [-0.25, -0.2) is 14.2 Å². The lowest BCUT2D eigenvalue weighted by atomic mass is 10.1. The Morgan fingerprint density at radius 2 is 1.88 bits per heavy atom. The third kappa shape index (κ3) is 3.60. The van der Waals surface area contributed by atoms with E-state index < -0.39 is 11.8 Å². The van der Waals surface area contributed by atoms with Gasteiger partial charge >= 0.3 is 6.03 Å². The average Bonchev–Trinajstić information content (AvgIpc) is 3.00. The topological polar surface area (TPSA) is 54.0 Å². The van der Waals surface area contributed by atoms with Gasteiger partial charge in [0.05, 0.1) is 11.4 Å². The lowest BCUT2D eigenvalue weighted by Crippen LogP contribution is -2.19. The molecule has 0 radical (unpaired) electrons. The summed E-state index contributed by atoms with van der Waals surface area (Å²) in [5.41, 5.74) is 4.33. The fraction of sp³-hybridized carbons (Fsp3) is 0.111. The summed E-state index contributed by atoms with van der Waals surface area (Å²) in [6, 6.07) is 11.6. The van der Waals surface area contributed by atoms with E-state index in [0.29, 0.717) is 5.13 Å².